The van der Waals surface area contributed by atoms with Gasteiger partial charge in [-0.2, -0.15) is 4.31 Å². The fourth-order valence-electron chi connectivity index (χ4n) is 3.96. The zero-order valence-corrected chi connectivity index (χ0v) is 22.9. The molecule has 2 N–H and O–H groups in total. The van der Waals surface area contributed by atoms with E-state index in [2.05, 4.69) is 10.0 Å². The summed E-state index contributed by atoms with van der Waals surface area (Å²) in [6.45, 7) is 4.68. The fraction of sp³-hybridized carbons (Fsp3) is 0.269. The van der Waals surface area contributed by atoms with Crippen molar-refractivity contribution in [3.63, 3.8) is 0 Å². The Morgan fingerprint density at radius 2 is 1.55 bits per heavy atom. The molecule has 0 atom stereocenters. The van der Waals surface area contributed by atoms with Crippen LogP contribution in [-0.4, -0.2) is 60.5 Å². The molecule has 0 aromatic heterocycles. The molecule has 1 amide bonds. The van der Waals surface area contributed by atoms with Crippen LogP contribution in [0.1, 0.15) is 21.5 Å². The van der Waals surface area contributed by atoms with Crippen LogP contribution in [-0.2, 0) is 24.8 Å². The number of aryl methyl sites for hydroxylation is 2. The Labute approximate surface area is 222 Å². The molecule has 0 aliphatic carbocycles. The van der Waals surface area contributed by atoms with E-state index >= 15 is 0 Å². The minimum Gasteiger partial charge on any atom is -0.495 e. The molecule has 1 aliphatic heterocycles. The van der Waals surface area contributed by atoms with E-state index in [1.807, 2.05) is 13.0 Å². The number of nitrogens with zero attached hydrogens (tertiary/aromatic N) is 1. The third kappa shape index (κ3) is 5.99. The van der Waals surface area contributed by atoms with Crippen molar-refractivity contribution in [2.24, 2.45) is 0 Å². The number of amides is 1. The summed E-state index contributed by atoms with van der Waals surface area (Å²) in [4.78, 5) is 13.0. The normalized spacial score (nSPS) is 14.6. The number of anilines is 2. The largest absolute Gasteiger partial charge is 0.495 e. The number of carbonyl (C=O) groups is 1. The van der Waals surface area contributed by atoms with Crippen molar-refractivity contribution in [2.45, 2.75) is 23.6 Å². The standard InChI is InChI=1S/C26H29N3O7S2/c1-18-4-11-25(35-3)24(16-18)28-37(31,32)21-9-6-20(7-10-21)27-26(30)23-17-22(8-5-19(23)2)38(33,34)29-12-14-36-15-13-29/h4-11,16-17,28H,12-15H2,1-3H3,(H,27,30). The summed E-state index contributed by atoms with van der Waals surface area (Å²) in [5.74, 6) is -0.129. The van der Waals surface area contributed by atoms with E-state index in [4.69, 9.17) is 9.47 Å². The second-order valence-corrected chi connectivity index (χ2v) is 12.4. The lowest BCUT2D eigenvalue weighted by Gasteiger charge is -2.26. The maximum Gasteiger partial charge on any atom is 0.262 e. The van der Waals surface area contributed by atoms with Gasteiger partial charge >= 0.3 is 0 Å². The molecule has 1 heterocycles. The number of nitrogens with one attached hydrogen (secondary N) is 2. The van der Waals surface area contributed by atoms with Gasteiger partial charge in [0.2, 0.25) is 10.0 Å². The molecule has 12 heteroatoms. The number of morpholine rings is 1. The fourth-order valence-corrected chi connectivity index (χ4v) is 6.46. The molecule has 0 saturated carbocycles. The van der Waals surface area contributed by atoms with Crippen LogP contribution in [0.2, 0.25) is 0 Å². The summed E-state index contributed by atoms with van der Waals surface area (Å²) in [7, 11) is -6.24. The molecule has 3 aromatic carbocycles. The molecule has 0 spiro atoms. The quantitative estimate of drug-likeness (QED) is 0.433. The van der Waals surface area contributed by atoms with Gasteiger partial charge in [-0.1, -0.05) is 12.1 Å². The molecule has 0 bridgehead atoms. The zero-order valence-electron chi connectivity index (χ0n) is 21.2. The molecule has 0 unspecified atom stereocenters. The number of carbonyl (C=O) groups excluding carboxylic acids is 1. The van der Waals surface area contributed by atoms with E-state index in [-0.39, 0.29) is 28.4 Å². The average molecular weight is 560 g/mol. The Bertz CT molecular complexity index is 1550. The second-order valence-electron chi connectivity index (χ2n) is 8.78. The smallest absolute Gasteiger partial charge is 0.262 e. The van der Waals surface area contributed by atoms with Gasteiger partial charge in [0.25, 0.3) is 15.9 Å². The first-order valence-corrected chi connectivity index (χ1v) is 14.7. The Balaban J connectivity index is 1.51. The van der Waals surface area contributed by atoms with Gasteiger partial charge in [0.05, 0.1) is 35.8 Å². The van der Waals surface area contributed by atoms with Crippen LogP contribution in [0.25, 0.3) is 0 Å². The molecule has 1 fully saturated rings. The summed E-state index contributed by atoms with van der Waals surface area (Å²) in [6.07, 6.45) is 0. The van der Waals surface area contributed by atoms with Crippen LogP contribution in [0.5, 0.6) is 5.75 Å². The van der Waals surface area contributed by atoms with Crippen LogP contribution in [0, 0.1) is 13.8 Å². The molecular weight excluding hydrogens is 530 g/mol. The van der Waals surface area contributed by atoms with Gasteiger partial charge in [-0.25, -0.2) is 16.8 Å². The van der Waals surface area contributed by atoms with E-state index in [0.29, 0.717) is 35.9 Å². The van der Waals surface area contributed by atoms with E-state index in [1.54, 1.807) is 25.1 Å². The highest BCUT2D eigenvalue weighted by atomic mass is 32.2. The molecule has 1 saturated heterocycles. The van der Waals surface area contributed by atoms with Crippen LogP contribution in [0.15, 0.2) is 70.5 Å². The summed E-state index contributed by atoms with van der Waals surface area (Å²) >= 11 is 0. The van der Waals surface area contributed by atoms with Crippen molar-refractivity contribution in [2.75, 3.05) is 43.5 Å². The highest BCUT2D eigenvalue weighted by Gasteiger charge is 2.27. The van der Waals surface area contributed by atoms with Crippen LogP contribution in [0.4, 0.5) is 11.4 Å². The summed E-state index contributed by atoms with van der Waals surface area (Å²) in [6, 6.07) is 15.2. The topological polar surface area (TPSA) is 131 Å². The van der Waals surface area contributed by atoms with Gasteiger partial charge in [0.1, 0.15) is 5.75 Å². The molecule has 38 heavy (non-hydrogen) atoms. The Kier molecular flexibility index (Phi) is 8.07. The number of rotatable bonds is 8. The van der Waals surface area contributed by atoms with Crippen molar-refractivity contribution in [3.8, 4) is 5.75 Å². The molecule has 1 aliphatic rings. The summed E-state index contributed by atoms with van der Waals surface area (Å²) < 4.78 is 66.2. The van der Waals surface area contributed by atoms with E-state index in [1.165, 1.54) is 47.8 Å². The van der Waals surface area contributed by atoms with E-state index < -0.39 is 26.0 Å². The van der Waals surface area contributed by atoms with Gasteiger partial charge in [-0.15, -0.1) is 0 Å². The predicted molar refractivity (Wildman–Crippen MR) is 144 cm³/mol. The number of benzene rings is 3. The maximum atomic E-state index is 13.0. The Hall–Kier alpha value is -3.45. The number of hydrogen-bond donors (Lipinski definition) is 2. The van der Waals surface area contributed by atoms with Crippen LogP contribution >= 0.6 is 0 Å². The highest BCUT2D eigenvalue weighted by Crippen LogP contribution is 2.28. The van der Waals surface area contributed by atoms with Crippen LogP contribution < -0.4 is 14.8 Å². The first-order chi connectivity index (χ1) is 18.0. The van der Waals surface area contributed by atoms with Crippen molar-refractivity contribution in [3.05, 3.63) is 77.4 Å². The van der Waals surface area contributed by atoms with Crippen molar-refractivity contribution < 1.29 is 31.1 Å². The first kappa shape index (κ1) is 27.6. The van der Waals surface area contributed by atoms with Crippen molar-refractivity contribution >= 4 is 37.3 Å². The monoisotopic (exact) mass is 559 g/mol. The van der Waals surface area contributed by atoms with Crippen molar-refractivity contribution in [1.29, 1.82) is 0 Å². The summed E-state index contributed by atoms with van der Waals surface area (Å²) in [5, 5.41) is 2.71. The second kappa shape index (κ2) is 11.1. The van der Waals surface area contributed by atoms with Gasteiger partial charge in [0, 0.05) is 24.3 Å². The number of sulfonamides is 2. The molecule has 0 radical (unpaired) electrons. The lowest BCUT2D eigenvalue weighted by Crippen LogP contribution is -2.40. The van der Waals surface area contributed by atoms with Crippen molar-refractivity contribution in [1.82, 2.24) is 4.31 Å². The lowest BCUT2D eigenvalue weighted by molar-refractivity contribution is 0.0730. The number of methoxy groups -OCH3 is 1. The number of hydrogen-bond acceptors (Lipinski definition) is 7. The lowest BCUT2D eigenvalue weighted by atomic mass is 10.1. The minimum absolute atomic E-state index is 0.00570. The molecule has 202 valence electrons. The molecule has 4 rings (SSSR count). The third-order valence-corrected chi connectivity index (χ3v) is 9.36. The first-order valence-electron chi connectivity index (χ1n) is 11.8. The summed E-state index contributed by atoms with van der Waals surface area (Å²) in [5.41, 5.74) is 2.32. The van der Waals surface area contributed by atoms with Gasteiger partial charge in [-0.3, -0.25) is 9.52 Å². The van der Waals surface area contributed by atoms with Crippen LogP contribution in [0.3, 0.4) is 0 Å². The van der Waals surface area contributed by atoms with Gasteiger partial charge in [-0.05, 0) is 73.5 Å². The predicted octanol–water partition coefficient (Wildman–Crippen LogP) is 3.39. The SMILES string of the molecule is COc1ccc(C)cc1NS(=O)(=O)c1ccc(NC(=O)c2cc(S(=O)(=O)N3CCOCC3)ccc2C)cc1. The third-order valence-electron chi connectivity index (χ3n) is 6.08. The van der Waals surface area contributed by atoms with E-state index in [9.17, 15) is 21.6 Å². The number of ether oxygens (including phenoxy) is 2. The average Bonchev–Trinajstić information content (AvgIpc) is 2.89. The molecule has 10 nitrogen and oxygen atoms in total. The Morgan fingerprint density at radius 3 is 2.21 bits per heavy atom. The van der Waals surface area contributed by atoms with Gasteiger partial charge < -0.3 is 14.8 Å². The minimum atomic E-state index is -3.92. The molecule has 3 aromatic rings. The zero-order chi connectivity index (χ0) is 27.5. The van der Waals surface area contributed by atoms with Gasteiger partial charge in [0.15, 0.2) is 0 Å². The van der Waals surface area contributed by atoms with E-state index in [0.717, 1.165) is 5.56 Å². The highest BCUT2D eigenvalue weighted by molar-refractivity contribution is 7.92. The Morgan fingerprint density at radius 1 is 0.895 bits per heavy atom. The maximum absolute atomic E-state index is 13.0. The molecular formula is C26H29N3O7S2.